The summed E-state index contributed by atoms with van der Waals surface area (Å²) in [7, 11) is 0. The van der Waals surface area contributed by atoms with Crippen molar-refractivity contribution in [1.29, 1.82) is 0 Å². The van der Waals surface area contributed by atoms with E-state index in [0.717, 1.165) is 37.6 Å². The van der Waals surface area contributed by atoms with E-state index in [9.17, 15) is 0 Å². The Balaban J connectivity index is 2.85. The smallest absolute Gasteiger partial charge is 0.123 e. The van der Waals surface area contributed by atoms with Crippen LogP contribution in [0.5, 0.6) is 11.5 Å². The summed E-state index contributed by atoms with van der Waals surface area (Å²) in [5.74, 6) is 2.30. The second-order valence-electron chi connectivity index (χ2n) is 12.3. The Morgan fingerprint density at radius 2 is 0.625 bits per heavy atom. The Hall–Kier alpha value is -1.18. The SMILES string of the molecule is CCCCCCCCOc1cc(CCCCCCCC)c(OCCCCCCCC)cc1CCCCCCCC. The number of rotatable bonds is 30. The molecule has 0 spiro atoms. The molecule has 0 bridgehead atoms. The van der Waals surface area contributed by atoms with Crippen LogP contribution in [-0.2, 0) is 12.8 Å². The van der Waals surface area contributed by atoms with E-state index in [0.29, 0.717) is 0 Å². The maximum atomic E-state index is 6.52. The first-order chi connectivity index (χ1) is 19.8. The first-order valence-electron chi connectivity index (χ1n) is 18.2. The van der Waals surface area contributed by atoms with Crippen LogP contribution in [0.15, 0.2) is 12.1 Å². The van der Waals surface area contributed by atoms with Gasteiger partial charge in [-0.15, -0.1) is 0 Å². The minimum Gasteiger partial charge on any atom is -0.493 e. The van der Waals surface area contributed by atoms with Crippen LogP contribution in [0.3, 0.4) is 0 Å². The molecule has 2 nitrogen and oxygen atoms in total. The highest BCUT2D eigenvalue weighted by Gasteiger charge is 2.13. The van der Waals surface area contributed by atoms with Crippen LogP contribution in [-0.4, -0.2) is 13.2 Å². The van der Waals surface area contributed by atoms with Gasteiger partial charge in [0.1, 0.15) is 11.5 Å². The van der Waals surface area contributed by atoms with Gasteiger partial charge in [0.25, 0.3) is 0 Å². The van der Waals surface area contributed by atoms with Crippen molar-refractivity contribution in [3.8, 4) is 11.5 Å². The molecule has 0 aliphatic carbocycles. The maximum absolute atomic E-state index is 6.52. The van der Waals surface area contributed by atoms with E-state index in [1.807, 2.05) is 0 Å². The lowest BCUT2D eigenvalue weighted by Crippen LogP contribution is -2.06. The van der Waals surface area contributed by atoms with Gasteiger partial charge in [0.2, 0.25) is 0 Å². The van der Waals surface area contributed by atoms with E-state index in [2.05, 4.69) is 39.8 Å². The van der Waals surface area contributed by atoms with Gasteiger partial charge >= 0.3 is 0 Å². The molecule has 0 saturated heterocycles. The lowest BCUT2D eigenvalue weighted by atomic mass is 9.98. The van der Waals surface area contributed by atoms with Crippen molar-refractivity contribution in [2.24, 2.45) is 0 Å². The predicted octanol–water partition coefficient (Wildman–Crippen LogP) is 13.0. The molecule has 0 fully saturated rings. The molecule has 0 radical (unpaired) electrons. The molecule has 0 atom stereocenters. The van der Waals surface area contributed by atoms with Crippen LogP contribution in [0.4, 0.5) is 0 Å². The van der Waals surface area contributed by atoms with E-state index in [1.54, 1.807) is 0 Å². The Morgan fingerprint density at radius 1 is 0.350 bits per heavy atom. The van der Waals surface area contributed by atoms with Gasteiger partial charge in [-0.25, -0.2) is 0 Å². The summed E-state index contributed by atoms with van der Waals surface area (Å²) in [5, 5.41) is 0. The zero-order chi connectivity index (χ0) is 28.9. The van der Waals surface area contributed by atoms with Crippen molar-refractivity contribution in [2.75, 3.05) is 13.2 Å². The molecular weight excluding hydrogens is 488 g/mol. The first kappa shape index (κ1) is 36.8. The number of aryl methyl sites for hydroxylation is 2. The van der Waals surface area contributed by atoms with Gasteiger partial charge in [0.15, 0.2) is 0 Å². The molecule has 1 rings (SSSR count). The fourth-order valence-electron chi connectivity index (χ4n) is 5.62. The Morgan fingerprint density at radius 3 is 0.950 bits per heavy atom. The molecule has 0 amide bonds. The maximum Gasteiger partial charge on any atom is 0.123 e. The topological polar surface area (TPSA) is 18.5 Å². The lowest BCUT2D eigenvalue weighted by molar-refractivity contribution is 0.291. The van der Waals surface area contributed by atoms with Gasteiger partial charge in [-0.3, -0.25) is 0 Å². The number of benzene rings is 1. The third-order valence-corrected chi connectivity index (χ3v) is 8.35. The molecule has 0 aromatic heterocycles. The fraction of sp³-hybridized carbons (Fsp3) is 0.842. The van der Waals surface area contributed by atoms with Crippen molar-refractivity contribution in [3.63, 3.8) is 0 Å². The van der Waals surface area contributed by atoms with Crippen LogP contribution in [0, 0.1) is 0 Å². The fourth-order valence-corrected chi connectivity index (χ4v) is 5.62. The van der Waals surface area contributed by atoms with Crippen LogP contribution >= 0.6 is 0 Å². The summed E-state index contributed by atoms with van der Waals surface area (Å²) in [6, 6.07) is 4.76. The normalized spacial score (nSPS) is 11.3. The summed E-state index contributed by atoms with van der Waals surface area (Å²) >= 11 is 0. The summed E-state index contributed by atoms with van der Waals surface area (Å²) in [6.45, 7) is 10.9. The van der Waals surface area contributed by atoms with E-state index in [-0.39, 0.29) is 0 Å². The molecule has 1 aromatic rings. The van der Waals surface area contributed by atoms with E-state index < -0.39 is 0 Å². The van der Waals surface area contributed by atoms with Crippen LogP contribution in [0.1, 0.15) is 193 Å². The molecule has 40 heavy (non-hydrogen) atoms. The second kappa shape index (κ2) is 28.0. The Kier molecular flexibility index (Phi) is 25.8. The number of hydrogen-bond acceptors (Lipinski definition) is 2. The molecule has 2 heteroatoms. The van der Waals surface area contributed by atoms with Crippen molar-refractivity contribution < 1.29 is 9.47 Å². The van der Waals surface area contributed by atoms with Crippen molar-refractivity contribution in [3.05, 3.63) is 23.3 Å². The summed E-state index contributed by atoms with van der Waals surface area (Å²) in [4.78, 5) is 0. The third-order valence-electron chi connectivity index (χ3n) is 8.35. The lowest BCUT2D eigenvalue weighted by Gasteiger charge is -2.18. The van der Waals surface area contributed by atoms with E-state index in [1.165, 1.54) is 165 Å². The molecule has 1 aromatic carbocycles. The van der Waals surface area contributed by atoms with Gasteiger partial charge in [0.05, 0.1) is 13.2 Å². The quantitative estimate of drug-likeness (QED) is 0.0874. The molecule has 234 valence electrons. The molecular formula is C38H70O2. The molecule has 0 heterocycles. The summed E-state index contributed by atoms with van der Waals surface area (Å²) in [6.07, 6.45) is 33.9. The van der Waals surface area contributed by atoms with Crippen molar-refractivity contribution in [2.45, 2.75) is 195 Å². The van der Waals surface area contributed by atoms with Gasteiger partial charge in [-0.2, -0.15) is 0 Å². The van der Waals surface area contributed by atoms with Gasteiger partial charge < -0.3 is 9.47 Å². The van der Waals surface area contributed by atoms with E-state index in [4.69, 9.17) is 9.47 Å². The van der Waals surface area contributed by atoms with Crippen molar-refractivity contribution >= 4 is 0 Å². The first-order valence-corrected chi connectivity index (χ1v) is 18.2. The Labute approximate surface area is 251 Å². The molecule has 0 aliphatic heterocycles. The number of ether oxygens (including phenoxy) is 2. The highest BCUT2D eigenvalue weighted by Crippen LogP contribution is 2.32. The minimum absolute atomic E-state index is 0.851. The highest BCUT2D eigenvalue weighted by molar-refractivity contribution is 5.47. The summed E-state index contributed by atoms with van der Waals surface area (Å²) < 4.78 is 13.0. The molecule has 0 aliphatic rings. The zero-order valence-electron chi connectivity index (χ0n) is 27.8. The number of hydrogen-bond donors (Lipinski definition) is 0. The van der Waals surface area contributed by atoms with Gasteiger partial charge in [-0.05, 0) is 61.8 Å². The predicted molar refractivity (Wildman–Crippen MR) is 178 cm³/mol. The zero-order valence-corrected chi connectivity index (χ0v) is 27.8. The average molecular weight is 559 g/mol. The molecule has 0 N–H and O–H groups in total. The van der Waals surface area contributed by atoms with Gasteiger partial charge in [-0.1, -0.05) is 156 Å². The molecule has 0 unspecified atom stereocenters. The average Bonchev–Trinajstić information content (AvgIpc) is 2.96. The third kappa shape index (κ3) is 19.8. The van der Waals surface area contributed by atoms with Gasteiger partial charge in [0, 0.05) is 0 Å². The number of unbranched alkanes of at least 4 members (excludes halogenated alkanes) is 20. The van der Waals surface area contributed by atoms with Crippen LogP contribution < -0.4 is 9.47 Å². The second-order valence-corrected chi connectivity index (χ2v) is 12.3. The van der Waals surface area contributed by atoms with E-state index >= 15 is 0 Å². The molecule has 0 saturated carbocycles. The minimum atomic E-state index is 0.851. The van der Waals surface area contributed by atoms with Crippen molar-refractivity contribution in [1.82, 2.24) is 0 Å². The standard InChI is InChI=1S/C38H70O2/c1-5-9-13-17-21-25-29-35-33-38(40-32-28-24-20-16-12-8-4)36(30-26-22-18-14-10-6-2)34-37(35)39-31-27-23-19-15-11-7-3/h33-34H,5-32H2,1-4H3. The summed E-state index contributed by atoms with van der Waals surface area (Å²) in [5.41, 5.74) is 2.76. The largest absolute Gasteiger partial charge is 0.493 e. The Bertz CT molecular complexity index is 610. The van der Waals surface area contributed by atoms with Crippen LogP contribution in [0.25, 0.3) is 0 Å². The van der Waals surface area contributed by atoms with Crippen LogP contribution in [0.2, 0.25) is 0 Å². The highest BCUT2D eigenvalue weighted by atomic mass is 16.5. The monoisotopic (exact) mass is 559 g/mol.